The molecule has 184 valence electrons. The molecule has 0 spiro atoms. The monoisotopic (exact) mass is 484 g/mol. The second-order valence-electron chi connectivity index (χ2n) is 9.16. The summed E-state index contributed by atoms with van der Waals surface area (Å²) in [5.41, 5.74) is 4.00. The molecule has 0 radical (unpaired) electrons. The lowest BCUT2D eigenvalue weighted by atomic mass is 10.1. The molecule has 0 bridgehead atoms. The van der Waals surface area contributed by atoms with Crippen LogP contribution in [0.25, 0.3) is 22.4 Å². The number of aromatic nitrogens is 5. The van der Waals surface area contributed by atoms with E-state index in [0.29, 0.717) is 17.4 Å². The number of piperazine rings is 1. The van der Waals surface area contributed by atoms with Crippen molar-refractivity contribution in [3.8, 4) is 23.2 Å². The number of ether oxygens (including phenoxy) is 1. The Morgan fingerprint density at radius 1 is 1.00 bits per heavy atom. The highest BCUT2D eigenvalue weighted by Gasteiger charge is 2.19. The van der Waals surface area contributed by atoms with Gasteiger partial charge in [-0.3, -0.25) is 5.10 Å². The molecule has 4 aromatic heterocycles. The van der Waals surface area contributed by atoms with Crippen LogP contribution in [0.15, 0.2) is 53.1 Å². The van der Waals surface area contributed by atoms with Crippen molar-refractivity contribution in [3.05, 3.63) is 60.0 Å². The lowest BCUT2D eigenvalue weighted by Gasteiger charge is -2.33. The van der Waals surface area contributed by atoms with Gasteiger partial charge in [-0.05, 0) is 51.2 Å². The molecular weight excluding hydrogens is 456 g/mol. The number of hydrogen-bond acceptors (Lipinski definition) is 8. The van der Waals surface area contributed by atoms with Crippen molar-refractivity contribution in [3.63, 3.8) is 0 Å². The summed E-state index contributed by atoms with van der Waals surface area (Å²) >= 11 is 0. The molecular formula is C26H28N8O2. The molecule has 0 aliphatic carbocycles. The first-order valence-electron chi connectivity index (χ1n) is 12.0. The summed E-state index contributed by atoms with van der Waals surface area (Å²) in [6, 6.07) is 13.9. The molecule has 10 nitrogen and oxygen atoms in total. The summed E-state index contributed by atoms with van der Waals surface area (Å²) in [5.74, 6) is 3.47. The molecule has 5 aromatic rings. The van der Waals surface area contributed by atoms with Gasteiger partial charge >= 0.3 is 6.01 Å². The summed E-state index contributed by atoms with van der Waals surface area (Å²) < 4.78 is 11.7. The maximum atomic E-state index is 6.27. The van der Waals surface area contributed by atoms with Gasteiger partial charge in [-0.25, -0.2) is 0 Å². The van der Waals surface area contributed by atoms with Gasteiger partial charge < -0.3 is 29.3 Å². The number of H-pyrrole nitrogens is 2. The molecule has 36 heavy (non-hydrogen) atoms. The highest BCUT2D eigenvalue weighted by atomic mass is 16.5. The van der Waals surface area contributed by atoms with Crippen LogP contribution >= 0.6 is 0 Å². The highest BCUT2D eigenvalue weighted by Crippen LogP contribution is 2.32. The maximum Gasteiger partial charge on any atom is 0.325 e. The predicted molar refractivity (Wildman–Crippen MR) is 139 cm³/mol. The van der Waals surface area contributed by atoms with Crippen molar-refractivity contribution in [1.82, 2.24) is 30.0 Å². The molecule has 1 aliphatic rings. The van der Waals surface area contributed by atoms with E-state index in [1.54, 1.807) is 6.26 Å². The zero-order valence-corrected chi connectivity index (χ0v) is 20.5. The number of nitrogens with zero attached hydrogens (tertiary/aromatic N) is 5. The summed E-state index contributed by atoms with van der Waals surface area (Å²) in [4.78, 5) is 17.4. The van der Waals surface area contributed by atoms with E-state index < -0.39 is 0 Å². The van der Waals surface area contributed by atoms with E-state index in [0.717, 1.165) is 65.6 Å². The van der Waals surface area contributed by atoms with E-state index in [1.807, 2.05) is 50.2 Å². The lowest BCUT2D eigenvalue weighted by Crippen LogP contribution is -2.44. The number of aryl methyl sites for hydroxylation is 2. The van der Waals surface area contributed by atoms with Crippen molar-refractivity contribution >= 4 is 28.4 Å². The molecule has 5 heterocycles. The third kappa shape index (κ3) is 4.38. The van der Waals surface area contributed by atoms with Gasteiger partial charge in [0.15, 0.2) is 11.6 Å². The number of likely N-dealkylation sites (N-methyl/N-ethyl adjacent to an activating group) is 1. The Morgan fingerprint density at radius 2 is 1.86 bits per heavy atom. The average molecular weight is 485 g/mol. The second-order valence-corrected chi connectivity index (χ2v) is 9.16. The van der Waals surface area contributed by atoms with Gasteiger partial charge in [0.2, 0.25) is 0 Å². The standard InChI is InChI=1S/C26H28N8O2/c1-16-13-18-17(2)21(7-6-19(18)27-16)36-26-29-23(15-25(30-26)34-10-8-33(3)9-11-34)28-24-14-20(31-32-24)22-5-4-12-35-22/h4-7,12-15,27H,8-11H2,1-3H3,(H2,28,29,30,31,32). The van der Waals surface area contributed by atoms with Gasteiger partial charge in [0.1, 0.15) is 23.1 Å². The van der Waals surface area contributed by atoms with E-state index in [4.69, 9.17) is 14.1 Å². The van der Waals surface area contributed by atoms with Crippen molar-refractivity contribution in [1.29, 1.82) is 0 Å². The van der Waals surface area contributed by atoms with Crippen LogP contribution in [0.2, 0.25) is 0 Å². The summed E-state index contributed by atoms with van der Waals surface area (Å²) in [7, 11) is 2.13. The molecule has 1 aliphatic heterocycles. The Morgan fingerprint density at radius 3 is 2.67 bits per heavy atom. The van der Waals surface area contributed by atoms with Crippen LogP contribution in [0.3, 0.4) is 0 Å². The summed E-state index contributed by atoms with van der Waals surface area (Å²) in [5, 5.41) is 11.8. The Kier molecular flexibility index (Phi) is 5.57. The van der Waals surface area contributed by atoms with Gasteiger partial charge in [-0.2, -0.15) is 15.1 Å². The van der Waals surface area contributed by atoms with Gasteiger partial charge in [-0.15, -0.1) is 0 Å². The number of nitrogens with one attached hydrogen (secondary N) is 3. The van der Waals surface area contributed by atoms with Crippen LogP contribution in [0, 0.1) is 13.8 Å². The zero-order valence-electron chi connectivity index (χ0n) is 20.5. The summed E-state index contributed by atoms with van der Waals surface area (Å²) in [6.45, 7) is 7.80. The van der Waals surface area contributed by atoms with Crippen LogP contribution in [0.1, 0.15) is 11.3 Å². The lowest BCUT2D eigenvalue weighted by molar-refractivity contribution is 0.311. The van der Waals surface area contributed by atoms with E-state index >= 15 is 0 Å². The normalized spacial score (nSPS) is 14.5. The third-order valence-corrected chi connectivity index (χ3v) is 6.50. The van der Waals surface area contributed by atoms with Crippen LogP contribution in [0.5, 0.6) is 11.8 Å². The SMILES string of the molecule is Cc1cc2c(C)c(Oc3nc(Nc4cc(-c5ccco5)[nH]n4)cc(N4CCN(C)CC4)n3)ccc2[nH]1. The van der Waals surface area contributed by atoms with Crippen molar-refractivity contribution in [2.45, 2.75) is 13.8 Å². The largest absolute Gasteiger partial charge is 0.463 e. The highest BCUT2D eigenvalue weighted by molar-refractivity contribution is 5.86. The van der Waals surface area contributed by atoms with Crippen molar-refractivity contribution < 1.29 is 9.15 Å². The fourth-order valence-corrected chi connectivity index (χ4v) is 4.47. The van der Waals surface area contributed by atoms with Crippen LogP contribution in [-0.4, -0.2) is 63.3 Å². The molecule has 10 heteroatoms. The Bertz CT molecular complexity index is 1500. The number of furan rings is 1. The molecule has 6 rings (SSSR count). The average Bonchev–Trinajstić information content (AvgIpc) is 3.62. The van der Waals surface area contributed by atoms with Crippen LogP contribution < -0.4 is 15.0 Å². The number of aromatic amines is 2. The molecule has 0 unspecified atom stereocenters. The fourth-order valence-electron chi connectivity index (χ4n) is 4.47. The molecule has 1 saturated heterocycles. The number of rotatable bonds is 6. The van der Waals surface area contributed by atoms with Gasteiger partial charge in [0.05, 0.1) is 6.26 Å². The first-order chi connectivity index (χ1) is 17.5. The van der Waals surface area contributed by atoms with Gasteiger partial charge in [0, 0.05) is 60.5 Å². The quantitative estimate of drug-likeness (QED) is 0.314. The Hall–Kier alpha value is -4.31. The van der Waals surface area contributed by atoms with Gasteiger partial charge in [0.25, 0.3) is 0 Å². The fraction of sp³-hybridized carbons (Fsp3) is 0.269. The van der Waals surface area contributed by atoms with Crippen molar-refractivity contribution in [2.24, 2.45) is 0 Å². The minimum atomic E-state index is 0.283. The first-order valence-corrected chi connectivity index (χ1v) is 12.0. The molecule has 1 fully saturated rings. The minimum absolute atomic E-state index is 0.283. The van der Waals surface area contributed by atoms with Gasteiger partial charge in [-0.1, -0.05) is 0 Å². The predicted octanol–water partition coefficient (Wildman–Crippen LogP) is 4.85. The molecule has 0 amide bonds. The summed E-state index contributed by atoms with van der Waals surface area (Å²) in [6.07, 6.45) is 1.63. The van der Waals surface area contributed by atoms with E-state index in [2.05, 4.69) is 48.4 Å². The smallest absolute Gasteiger partial charge is 0.325 e. The zero-order chi connectivity index (χ0) is 24.6. The minimum Gasteiger partial charge on any atom is -0.463 e. The Labute approximate surface area is 208 Å². The first kappa shape index (κ1) is 22.2. The molecule has 0 atom stereocenters. The topological polar surface area (TPSA) is 111 Å². The van der Waals surface area contributed by atoms with Crippen molar-refractivity contribution in [2.75, 3.05) is 43.4 Å². The second kappa shape index (κ2) is 9.04. The third-order valence-electron chi connectivity index (χ3n) is 6.50. The molecule has 0 saturated carbocycles. The van der Waals surface area contributed by atoms with E-state index in [1.165, 1.54) is 0 Å². The Balaban J connectivity index is 1.33. The van der Waals surface area contributed by atoms with E-state index in [9.17, 15) is 0 Å². The van der Waals surface area contributed by atoms with E-state index in [-0.39, 0.29) is 6.01 Å². The number of benzene rings is 1. The molecule has 1 aromatic carbocycles. The van der Waals surface area contributed by atoms with Crippen LogP contribution in [0.4, 0.5) is 17.5 Å². The number of hydrogen-bond donors (Lipinski definition) is 3. The maximum absolute atomic E-state index is 6.27. The number of anilines is 3. The molecule has 3 N–H and O–H groups in total. The number of fused-ring (bicyclic) bond motifs is 1. The van der Waals surface area contributed by atoms with Crippen LogP contribution in [-0.2, 0) is 0 Å².